The summed E-state index contributed by atoms with van der Waals surface area (Å²) in [5.41, 5.74) is 2.26. The van der Waals surface area contributed by atoms with Gasteiger partial charge in [-0.15, -0.1) is 0 Å². The number of aliphatic hydroxyl groups is 6. The van der Waals surface area contributed by atoms with Crippen LogP contribution in [0.2, 0.25) is 0 Å². The molecule has 1 rings (SSSR count). The summed E-state index contributed by atoms with van der Waals surface area (Å²) in [4.78, 5) is 11.1. The monoisotopic (exact) mass is 267 g/mol. The van der Waals surface area contributed by atoms with Gasteiger partial charge >= 0.3 is 0 Å². The first kappa shape index (κ1) is 15.2. The number of aliphatic hydroxyl groups excluding tert-OH is 5. The third kappa shape index (κ3) is 2.34. The van der Waals surface area contributed by atoms with E-state index in [0.717, 1.165) is 0 Å². The van der Waals surface area contributed by atoms with Crippen molar-refractivity contribution in [3.05, 3.63) is 0 Å². The zero-order chi connectivity index (χ0) is 14.1. The van der Waals surface area contributed by atoms with Crippen LogP contribution >= 0.6 is 0 Å². The first-order valence-corrected chi connectivity index (χ1v) is 5.23. The van der Waals surface area contributed by atoms with E-state index < -0.39 is 55.2 Å². The first-order valence-electron chi connectivity index (χ1n) is 5.23. The maximum absolute atomic E-state index is 11.1. The minimum atomic E-state index is -2.63. The van der Waals surface area contributed by atoms with E-state index in [1.807, 2.05) is 0 Å². The van der Waals surface area contributed by atoms with E-state index in [1.54, 1.807) is 0 Å². The van der Waals surface area contributed by atoms with Gasteiger partial charge < -0.3 is 41.1 Å². The van der Waals surface area contributed by atoms with E-state index in [2.05, 4.69) is 0 Å². The Labute approximate surface area is 102 Å². The molecule has 9 nitrogen and oxygen atoms in total. The molecule has 1 saturated heterocycles. The van der Waals surface area contributed by atoms with Crippen LogP contribution in [0.5, 0.6) is 0 Å². The Kier molecular flexibility index (Phi) is 4.61. The van der Waals surface area contributed by atoms with Crippen LogP contribution in [0, 0.1) is 0 Å². The summed E-state index contributed by atoms with van der Waals surface area (Å²) in [7, 11) is 0. The Morgan fingerprint density at radius 2 is 1.72 bits per heavy atom. The number of carbonyl (C=O) groups is 1. The molecule has 1 fully saturated rings. The quantitative estimate of drug-likeness (QED) is 0.265. The molecule has 0 aromatic heterocycles. The zero-order valence-electron chi connectivity index (χ0n) is 9.38. The van der Waals surface area contributed by atoms with E-state index in [-0.39, 0.29) is 0 Å². The van der Waals surface area contributed by atoms with Crippen molar-refractivity contribution in [1.82, 2.24) is 0 Å². The van der Waals surface area contributed by atoms with Crippen LogP contribution in [0.15, 0.2) is 0 Å². The van der Waals surface area contributed by atoms with Crippen molar-refractivity contribution in [3.8, 4) is 0 Å². The molecule has 0 bridgehead atoms. The lowest BCUT2D eigenvalue weighted by Gasteiger charge is -2.44. The van der Waals surface area contributed by atoms with Crippen LogP contribution < -0.4 is 5.73 Å². The molecule has 0 radical (unpaired) electrons. The van der Waals surface area contributed by atoms with Crippen molar-refractivity contribution >= 4 is 5.91 Å². The second-order valence-corrected chi connectivity index (χ2v) is 4.20. The van der Waals surface area contributed by atoms with Crippen LogP contribution in [0.1, 0.15) is 0 Å². The Bertz CT molecular complexity index is 311. The predicted molar refractivity (Wildman–Crippen MR) is 55.0 cm³/mol. The molecule has 1 aliphatic rings. The van der Waals surface area contributed by atoms with Crippen LogP contribution in [0.25, 0.3) is 0 Å². The molecule has 1 aliphatic heterocycles. The fourth-order valence-electron chi connectivity index (χ4n) is 1.80. The molecule has 0 saturated carbocycles. The third-order valence-electron chi connectivity index (χ3n) is 3.03. The zero-order valence-corrected chi connectivity index (χ0v) is 9.38. The summed E-state index contributed by atoms with van der Waals surface area (Å²) in [6, 6.07) is 0. The Morgan fingerprint density at radius 3 is 2.11 bits per heavy atom. The largest absolute Gasteiger partial charge is 0.394 e. The topological polar surface area (TPSA) is 174 Å². The highest BCUT2D eigenvalue weighted by Crippen LogP contribution is 2.28. The molecule has 0 aliphatic carbocycles. The first-order chi connectivity index (χ1) is 8.29. The standard InChI is InChI=1S/C9H17NO8/c10-8(16)9(17,2-12)7-6(15)5(14)4(13)3(1-11)18-7/h3-7,11-15,17H,1-2H2,(H2,10,16)/t3-,4-,5+,6+,7?,9?/m1/s1. The summed E-state index contributed by atoms with van der Waals surface area (Å²) < 4.78 is 4.93. The van der Waals surface area contributed by atoms with Gasteiger partial charge in [-0.3, -0.25) is 4.79 Å². The number of rotatable bonds is 4. The van der Waals surface area contributed by atoms with E-state index in [4.69, 9.17) is 20.7 Å². The maximum Gasteiger partial charge on any atom is 0.254 e. The number of carbonyl (C=O) groups excluding carboxylic acids is 1. The van der Waals surface area contributed by atoms with Crippen molar-refractivity contribution in [1.29, 1.82) is 0 Å². The lowest BCUT2D eigenvalue weighted by atomic mass is 9.85. The number of amides is 1. The average molecular weight is 267 g/mol. The lowest BCUT2D eigenvalue weighted by Crippen LogP contribution is -2.69. The molecule has 1 amide bonds. The molecular formula is C9H17NO8. The van der Waals surface area contributed by atoms with Crippen LogP contribution in [0.3, 0.4) is 0 Å². The number of hydrogen-bond donors (Lipinski definition) is 7. The third-order valence-corrected chi connectivity index (χ3v) is 3.03. The van der Waals surface area contributed by atoms with Crippen molar-refractivity contribution in [2.75, 3.05) is 13.2 Å². The van der Waals surface area contributed by atoms with Gasteiger partial charge in [-0.2, -0.15) is 0 Å². The van der Waals surface area contributed by atoms with Gasteiger partial charge in [-0.25, -0.2) is 0 Å². The summed E-state index contributed by atoms with van der Waals surface area (Å²) in [6.45, 7) is -1.87. The number of primary amides is 1. The van der Waals surface area contributed by atoms with Gasteiger partial charge in [0.15, 0.2) is 5.60 Å². The fourth-order valence-corrected chi connectivity index (χ4v) is 1.80. The Morgan fingerprint density at radius 1 is 1.17 bits per heavy atom. The summed E-state index contributed by atoms with van der Waals surface area (Å²) in [5.74, 6) is -1.37. The van der Waals surface area contributed by atoms with E-state index in [1.165, 1.54) is 0 Å². The molecule has 9 heteroatoms. The molecule has 8 N–H and O–H groups in total. The minimum Gasteiger partial charge on any atom is -0.394 e. The van der Waals surface area contributed by atoms with Crippen molar-refractivity contribution in [2.45, 2.75) is 36.1 Å². The average Bonchev–Trinajstić information content (AvgIpc) is 2.35. The van der Waals surface area contributed by atoms with Gasteiger partial charge in [0.2, 0.25) is 0 Å². The Balaban J connectivity index is 3.04. The lowest BCUT2D eigenvalue weighted by molar-refractivity contribution is -0.269. The van der Waals surface area contributed by atoms with Crippen LogP contribution in [0.4, 0.5) is 0 Å². The summed E-state index contributed by atoms with van der Waals surface area (Å²) >= 11 is 0. The van der Waals surface area contributed by atoms with E-state index in [9.17, 15) is 25.2 Å². The van der Waals surface area contributed by atoms with Crippen molar-refractivity contribution in [3.63, 3.8) is 0 Å². The van der Waals surface area contributed by atoms with Crippen molar-refractivity contribution < 1.29 is 40.2 Å². The van der Waals surface area contributed by atoms with Gasteiger partial charge in [0.1, 0.15) is 30.5 Å². The minimum absolute atomic E-state index is 0.721. The maximum atomic E-state index is 11.1. The van der Waals surface area contributed by atoms with Crippen LogP contribution in [-0.2, 0) is 9.53 Å². The highest BCUT2D eigenvalue weighted by molar-refractivity contribution is 5.84. The Hall–Kier alpha value is -0.810. The number of nitrogens with two attached hydrogens (primary N) is 1. The SMILES string of the molecule is NC(=O)C(O)(CO)C1O[C@H](CO)[C@@H](O)[C@H](O)[C@@H]1O. The summed E-state index contributed by atoms with van der Waals surface area (Å²) in [6.07, 6.45) is -8.32. The number of hydrogen-bond acceptors (Lipinski definition) is 8. The molecule has 106 valence electrons. The smallest absolute Gasteiger partial charge is 0.254 e. The van der Waals surface area contributed by atoms with Crippen LogP contribution in [-0.4, -0.2) is 85.9 Å². The summed E-state index contributed by atoms with van der Waals surface area (Å²) in [5, 5.41) is 56.3. The van der Waals surface area contributed by atoms with E-state index in [0.29, 0.717) is 0 Å². The molecule has 6 atom stereocenters. The second kappa shape index (κ2) is 5.45. The van der Waals surface area contributed by atoms with Gasteiger partial charge in [-0.1, -0.05) is 0 Å². The molecule has 0 spiro atoms. The second-order valence-electron chi connectivity index (χ2n) is 4.20. The van der Waals surface area contributed by atoms with Gasteiger partial charge in [0, 0.05) is 0 Å². The molecule has 18 heavy (non-hydrogen) atoms. The fraction of sp³-hybridized carbons (Fsp3) is 0.889. The highest BCUT2D eigenvalue weighted by Gasteiger charge is 2.54. The molecule has 0 aromatic carbocycles. The molecule has 1 heterocycles. The molecule has 2 unspecified atom stereocenters. The normalized spacial score (nSPS) is 40.2. The molecular weight excluding hydrogens is 250 g/mol. The predicted octanol–water partition coefficient (Wildman–Crippen LogP) is -4.96. The highest BCUT2D eigenvalue weighted by atomic mass is 16.6. The molecule has 0 aromatic rings. The number of ether oxygens (including phenoxy) is 1. The van der Waals surface area contributed by atoms with E-state index >= 15 is 0 Å². The van der Waals surface area contributed by atoms with Gasteiger partial charge in [0.25, 0.3) is 5.91 Å². The van der Waals surface area contributed by atoms with Gasteiger partial charge in [0.05, 0.1) is 13.2 Å². The van der Waals surface area contributed by atoms with Gasteiger partial charge in [-0.05, 0) is 0 Å². The van der Waals surface area contributed by atoms with Crippen molar-refractivity contribution in [2.24, 2.45) is 5.73 Å².